The molecule has 1 saturated heterocycles. The monoisotopic (exact) mass is 416 g/mol. The number of halogens is 3. The normalized spacial score (nSPS) is 17.2. The highest BCUT2D eigenvalue weighted by atomic mass is 19.1. The van der Waals surface area contributed by atoms with Crippen LogP contribution in [0.15, 0.2) is 36.4 Å². The van der Waals surface area contributed by atoms with Crippen LogP contribution in [0, 0.1) is 17.5 Å². The number of hydrogen-bond acceptors (Lipinski definition) is 3. The largest absolute Gasteiger partial charge is 0.354 e. The summed E-state index contributed by atoms with van der Waals surface area (Å²) >= 11 is 0. The molecule has 0 spiro atoms. The molecule has 2 aromatic carbocycles. The molecule has 0 radical (unpaired) electrons. The molecule has 1 aliphatic rings. The van der Waals surface area contributed by atoms with E-state index in [0.717, 1.165) is 12.1 Å². The van der Waals surface area contributed by atoms with Gasteiger partial charge in [-0.25, -0.2) is 13.2 Å². The zero-order valence-electron chi connectivity index (χ0n) is 15.8. The number of benzene rings is 2. The molecule has 9 heteroatoms. The molecule has 6 nitrogen and oxygen atoms in total. The van der Waals surface area contributed by atoms with Crippen molar-refractivity contribution in [1.82, 2.24) is 15.6 Å². The minimum absolute atomic E-state index is 0.0387. The predicted octanol–water partition coefficient (Wildman–Crippen LogP) is 2.65. The first-order valence-corrected chi connectivity index (χ1v) is 9.42. The second-order valence-corrected chi connectivity index (χ2v) is 7.24. The maximum Gasteiger partial charge on any atom is 0.242 e. The van der Waals surface area contributed by atoms with Crippen molar-refractivity contribution in [3.63, 3.8) is 0 Å². The summed E-state index contributed by atoms with van der Waals surface area (Å²) in [6.07, 6.45) is 0.271. The molecule has 2 atom stereocenters. The molecule has 30 heavy (non-hydrogen) atoms. The van der Waals surface area contributed by atoms with Crippen LogP contribution >= 0.6 is 0 Å². The maximum atomic E-state index is 14.4. The Balaban J connectivity index is 1.72. The Kier molecular flexibility index (Phi) is 5.21. The van der Waals surface area contributed by atoms with Crippen LogP contribution in [0.1, 0.15) is 24.4 Å². The smallest absolute Gasteiger partial charge is 0.242 e. The SMILES string of the molecule is NC(CC(=O)N[C@H]1CCNC1=O)c1c(-c2ccc(F)cc2)[nH]c2c(F)cc(F)cc12. The molecule has 2 amide bonds. The van der Waals surface area contributed by atoms with Gasteiger partial charge in [0, 0.05) is 36.0 Å². The number of hydrogen-bond donors (Lipinski definition) is 4. The summed E-state index contributed by atoms with van der Waals surface area (Å²) in [5.41, 5.74) is 7.53. The van der Waals surface area contributed by atoms with E-state index in [9.17, 15) is 22.8 Å². The summed E-state index contributed by atoms with van der Waals surface area (Å²) in [6.45, 7) is 0.478. The van der Waals surface area contributed by atoms with E-state index in [1.807, 2.05) is 0 Å². The number of nitrogens with one attached hydrogen (secondary N) is 3. The number of carbonyl (C=O) groups is 2. The summed E-state index contributed by atoms with van der Waals surface area (Å²) < 4.78 is 41.6. The third-order valence-electron chi connectivity index (χ3n) is 5.16. The van der Waals surface area contributed by atoms with E-state index in [-0.39, 0.29) is 23.2 Å². The zero-order chi connectivity index (χ0) is 21.4. The van der Waals surface area contributed by atoms with Crippen LogP contribution < -0.4 is 16.4 Å². The van der Waals surface area contributed by atoms with Gasteiger partial charge in [0.05, 0.1) is 11.2 Å². The van der Waals surface area contributed by atoms with Crippen LogP contribution in [-0.2, 0) is 9.59 Å². The van der Waals surface area contributed by atoms with E-state index in [0.29, 0.717) is 29.8 Å². The van der Waals surface area contributed by atoms with Gasteiger partial charge in [-0.1, -0.05) is 0 Å². The second-order valence-electron chi connectivity index (χ2n) is 7.24. The van der Waals surface area contributed by atoms with Crippen LogP contribution in [0.25, 0.3) is 22.2 Å². The van der Waals surface area contributed by atoms with Gasteiger partial charge in [0.25, 0.3) is 0 Å². The summed E-state index contributed by atoms with van der Waals surface area (Å²) in [7, 11) is 0. The van der Waals surface area contributed by atoms with E-state index in [1.54, 1.807) is 0 Å². The van der Waals surface area contributed by atoms with E-state index < -0.39 is 35.4 Å². The molecule has 156 valence electrons. The van der Waals surface area contributed by atoms with Crippen molar-refractivity contribution in [2.45, 2.75) is 24.9 Å². The Morgan fingerprint density at radius 1 is 1.17 bits per heavy atom. The summed E-state index contributed by atoms with van der Waals surface area (Å²) in [6, 6.07) is 5.76. The Hall–Kier alpha value is -3.33. The summed E-state index contributed by atoms with van der Waals surface area (Å²) in [5, 5.41) is 5.44. The van der Waals surface area contributed by atoms with Gasteiger partial charge in [-0.3, -0.25) is 9.59 Å². The number of aromatic amines is 1. The Morgan fingerprint density at radius 3 is 2.57 bits per heavy atom. The highest BCUT2D eigenvalue weighted by Gasteiger charge is 2.28. The molecular weight excluding hydrogens is 397 g/mol. The van der Waals surface area contributed by atoms with Crippen molar-refractivity contribution in [2.24, 2.45) is 5.73 Å². The highest BCUT2D eigenvalue weighted by molar-refractivity contribution is 5.93. The minimum atomic E-state index is -0.926. The van der Waals surface area contributed by atoms with Crippen LogP contribution in [0.5, 0.6) is 0 Å². The lowest BCUT2D eigenvalue weighted by molar-refractivity contribution is -0.127. The van der Waals surface area contributed by atoms with Gasteiger partial charge in [-0.15, -0.1) is 0 Å². The van der Waals surface area contributed by atoms with Gasteiger partial charge < -0.3 is 21.4 Å². The van der Waals surface area contributed by atoms with Crippen molar-refractivity contribution < 1.29 is 22.8 Å². The van der Waals surface area contributed by atoms with Crippen LogP contribution in [-0.4, -0.2) is 29.4 Å². The average Bonchev–Trinajstić information content (AvgIpc) is 3.26. The van der Waals surface area contributed by atoms with Crippen molar-refractivity contribution in [2.75, 3.05) is 6.54 Å². The molecule has 0 bridgehead atoms. The molecule has 5 N–H and O–H groups in total. The molecule has 0 saturated carbocycles. The molecule has 1 aliphatic heterocycles. The van der Waals surface area contributed by atoms with Gasteiger partial charge in [0.15, 0.2) is 0 Å². The number of H-pyrrole nitrogens is 1. The van der Waals surface area contributed by atoms with Crippen LogP contribution in [0.4, 0.5) is 13.2 Å². The standard InChI is InChI=1S/C21H19F3N4O2/c22-11-3-1-10(2-4-11)19-18(13-7-12(23)8-14(24)20(13)28-19)15(25)9-17(29)27-16-5-6-26-21(16)30/h1-4,7-8,15-16,28H,5-6,9,25H2,(H,26,30)(H,27,29)/t15?,16-/m0/s1. The van der Waals surface area contributed by atoms with Crippen molar-refractivity contribution in [1.29, 1.82) is 0 Å². The fourth-order valence-corrected chi connectivity index (χ4v) is 3.76. The summed E-state index contributed by atoms with van der Waals surface area (Å²) in [5.74, 6) is -2.77. The number of fused-ring (bicyclic) bond motifs is 1. The minimum Gasteiger partial charge on any atom is -0.354 e. The van der Waals surface area contributed by atoms with Crippen molar-refractivity contribution in [3.8, 4) is 11.3 Å². The van der Waals surface area contributed by atoms with Gasteiger partial charge in [0.1, 0.15) is 23.5 Å². The maximum absolute atomic E-state index is 14.4. The Bertz CT molecular complexity index is 1130. The van der Waals surface area contributed by atoms with E-state index in [4.69, 9.17) is 5.73 Å². The second kappa shape index (κ2) is 7.83. The third-order valence-corrected chi connectivity index (χ3v) is 5.16. The number of amides is 2. The highest BCUT2D eigenvalue weighted by Crippen LogP contribution is 2.36. The topological polar surface area (TPSA) is 100 Å². The lowest BCUT2D eigenvalue weighted by atomic mass is 9.96. The molecule has 4 rings (SSSR count). The van der Waals surface area contributed by atoms with E-state index in [2.05, 4.69) is 15.6 Å². The fraction of sp³-hybridized carbons (Fsp3) is 0.238. The molecule has 2 heterocycles. The first-order valence-electron chi connectivity index (χ1n) is 9.42. The number of nitrogens with two attached hydrogens (primary N) is 1. The first kappa shape index (κ1) is 20.0. The molecule has 1 fully saturated rings. The Morgan fingerprint density at radius 2 is 1.90 bits per heavy atom. The van der Waals surface area contributed by atoms with Crippen molar-refractivity contribution in [3.05, 3.63) is 59.4 Å². The van der Waals surface area contributed by atoms with Gasteiger partial charge in [0.2, 0.25) is 11.8 Å². The van der Waals surface area contributed by atoms with E-state index in [1.165, 1.54) is 24.3 Å². The van der Waals surface area contributed by atoms with Crippen molar-refractivity contribution >= 4 is 22.7 Å². The molecule has 1 aromatic heterocycles. The molecule has 3 aromatic rings. The van der Waals surface area contributed by atoms with Crippen LogP contribution in [0.2, 0.25) is 0 Å². The van der Waals surface area contributed by atoms with Crippen LogP contribution in [0.3, 0.4) is 0 Å². The molecule has 0 aliphatic carbocycles. The van der Waals surface area contributed by atoms with Gasteiger partial charge >= 0.3 is 0 Å². The lowest BCUT2D eigenvalue weighted by Crippen LogP contribution is -2.41. The number of rotatable bonds is 5. The summed E-state index contributed by atoms with van der Waals surface area (Å²) in [4.78, 5) is 27.0. The van der Waals surface area contributed by atoms with Gasteiger partial charge in [-0.2, -0.15) is 0 Å². The lowest BCUT2D eigenvalue weighted by Gasteiger charge is -2.16. The fourth-order valence-electron chi connectivity index (χ4n) is 3.76. The predicted molar refractivity (Wildman–Crippen MR) is 105 cm³/mol. The molecule has 1 unspecified atom stereocenters. The quantitative estimate of drug-likeness (QED) is 0.515. The van der Waals surface area contributed by atoms with E-state index >= 15 is 0 Å². The number of carbonyl (C=O) groups excluding carboxylic acids is 2. The zero-order valence-corrected chi connectivity index (χ0v) is 15.8. The number of aromatic nitrogens is 1. The third kappa shape index (κ3) is 3.76. The molecular formula is C21H19F3N4O2. The van der Waals surface area contributed by atoms with Gasteiger partial charge in [-0.05, 0) is 42.3 Å². The Labute approximate surface area is 169 Å². The average molecular weight is 416 g/mol. The first-order chi connectivity index (χ1) is 14.3.